The molecule has 0 spiro atoms. The third-order valence-corrected chi connectivity index (χ3v) is 6.45. The fraction of sp³-hybridized carbons (Fsp3) is 0.423. The van der Waals surface area contributed by atoms with Gasteiger partial charge in [0, 0.05) is 30.6 Å². The summed E-state index contributed by atoms with van der Waals surface area (Å²) in [5, 5.41) is 5.65. The van der Waals surface area contributed by atoms with Gasteiger partial charge in [-0.2, -0.15) is 5.10 Å². The Bertz CT molecular complexity index is 1410. The molecule has 0 aliphatic heterocycles. The Balaban J connectivity index is 1.77. The zero-order valence-corrected chi connectivity index (χ0v) is 21.5. The van der Waals surface area contributed by atoms with Crippen molar-refractivity contribution in [1.29, 1.82) is 0 Å². The summed E-state index contributed by atoms with van der Waals surface area (Å²) < 4.78 is 20.2. The highest BCUT2D eigenvalue weighted by molar-refractivity contribution is 5.82. The lowest BCUT2D eigenvalue weighted by Gasteiger charge is -2.19. The van der Waals surface area contributed by atoms with E-state index in [-0.39, 0.29) is 12.1 Å². The second-order valence-corrected chi connectivity index (χ2v) is 8.55. The number of aryl methyl sites for hydroxylation is 3. The van der Waals surface area contributed by atoms with Crippen LogP contribution in [-0.4, -0.2) is 51.5 Å². The third kappa shape index (κ3) is 4.55. The molecule has 0 saturated heterocycles. The molecule has 0 amide bonds. The lowest BCUT2D eigenvalue weighted by Crippen LogP contribution is -2.27. The number of hydrogen-bond donors (Lipinski definition) is 0. The highest BCUT2D eigenvalue weighted by atomic mass is 16.5. The van der Waals surface area contributed by atoms with Gasteiger partial charge in [0.05, 0.1) is 26.5 Å². The summed E-state index contributed by atoms with van der Waals surface area (Å²) >= 11 is 0. The Morgan fingerprint density at radius 3 is 2.43 bits per heavy atom. The maximum Gasteiger partial charge on any atom is 0.252 e. The van der Waals surface area contributed by atoms with E-state index in [1.807, 2.05) is 39.1 Å². The topological polar surface area (TPSA) is 87.6 Å². The molecule has 9 heteroatoms. The average molecular weight is 480 g/mol. The van der Waals surface area contributed by atoms with Gasteiger partial charge in [-0.1, -0.05) is 13.8 Å². The molecule has 0 atom stereocenters. The molecule has 0 N–H and O–H groups in total. The van der Waals surface area contributed by atoms with Crippen molar-refractivity contribution in [2.75, 3.05) is 27.3 Å². The van der Waals surface area contributed by atoms with Crippen LogP contribution in [0.3, 0.4) is 0 Å². The lowest BCUT2D eigenvalue weighted by molar-refractivity contribution is 0.296. The summed E-state index contributed by atoms with van der Waals surface area (Å²) in [7, 11) is 5.05. The fourth-order valence-electron chi connectivity index (χ4n) is 4.52. The van der Waals surface area contributed by atoms with Gasteiger partial charge >= 0.3 is 0 Å². The highest BCUT2D eigenvalue weighted by Gasteiger charge is 2.20. The number of hydrogen-bond acceptors (Lipinski definition) is 7. The minimum Gasteiger partial charge on any atom is -0.493 e. The zero-order chi connectivity index (χ0) is 25.3. The van der Waals surface area contributed by atoms with Crippen LogP contribution in [0.15, 0.2) is 33.5 Å². The van der Waals surface area contributed by atoms with E-state index >= 15 is 0 Å². The summed E-state index contributed by atoms with van der Waals surface area (Å²) in [6, 6.07) is 7.24. The Hall–Kier alpha value is -3.59. The lowest BCUT2D eigenvalue weighted by atomic mass is 10.1. The molecule has 0 radical (unpaired) electrons. The third-order valence-electron chi connectivity index (χ3n) is 6.45. The molecule has 1 aromatic carbocycles. The van der Waals surface area contributed by atoms with Gasteiger partial charge < -0.3 is 13.9 Å². The van der Waals surface area contributed by atoms with Gasteiger partial charge in [-0.3, -0.25) is 18.9 Å². The largest absolute Gasteiger partial charge is 0.493 e. The molecule has 0 bridgehead atoms. The van der Waals surface area contributed by atoms with Crippen molar-refractivity contribution < 1.29 is 13.9 Å². The van der Waals surface area contributed by atoms with E-state index in [1.54, 1.807) is 29.5 Å². The average Bonchev–Trinajstić information content (AvgIpc) is 3.37. The van der Waals surface area contributed by atoms with Crippen LogP contribution in [-0.2, 0) is 20.1 Å². The van der Waals surface area contributed by atoms with Crippen LogP contribution in [0.4, 0.5) is 0 Å². The van der Waals surface area contributed by atoms with E-state index in [2.05, 4.69) is 23.8 Å². The van der Waals surface area contributed by atoms with Crippen LogP contribution >= 0.6 is 0 Å². The number of aromatic nitrogens is 4. The molecule has 9 nitrogen and oxygen atoms in total. The van der Waals surface area contributed by atoms with Crippen molar-refractivity contribution in [3.05, 3.63) is 57.3 Å². The normalized spacial score (nSPS) is 11.5. The number of fused-ring (bicyclic) bond motifs is 1. The number of nitrogens with zero attached hydrogens (tertiary/aromatic N) is 5. The van der Waals surface area contributed by atoms with Gasteiger partial charge in [0.2, 0.25) is 5.89 Å². The van der Waals surface area contributed by atoms with E-state index in [4.69, 9.17) is 18.9 Å². The maximum atomic E-state index is 13.3. The van der Waals surface area contributed by atoms with Crippen molar-refractivity contribution in [1.82, 2.24) is 24.2 Å². The number of oxazole rings is 1. The Morgan fingerprint density at radius 2 is 1.77 bits per heavy atom. The van der Waals surface area contributed by atoms with Gasteiger partial charge in [-0.25, -0.2) is 4.98 Å². The summed E-state index contributed by atoms with van der Waals surface area (Å²) in [6.45, 7) is 10.9. The second-order valence-electron chi connectivity index (χ2n) is 8.55. The second kappa shape index (κ2) is 9.95. The summed E-state index contributed by atoms with van der Waals surface area (Å²) in [5.41, 5.74) is 4.05. The van der Waals surface area contributed by atoms with Crippen LogP contribution in [0.25, 0.3) is 22.5 Å². The molecule has 35 heavy (non-hydrogen) atoms. The number of benzene rings is 1. The predicted octanol–water partition coefficient (Wildman–Crippen LogP) is 3.91. The van der Waals surface area contributed by atoms with Crippen molar-refractivity contribution in [2.24, 2.45) is 7.05 Å². The van der Waals surface area contributed by atoms with E-state index in [0.717, 1.165) is 40.9 Å². The van der Waals surface area contributed by atoms with Gasteiger partial charge in [-0.15, -0.1) is 0 Å². The van der Waals surface area contributed by atoms with Gasteiger partial charge in [0.1, 0.15) is 17.1 Å². The van der Waals surface area contributed by atoms with Gasteiger partial charge in [-0.05, 0) is 50.7 Å². The van der Waals surface area contributed by atoms with E-state index in [1.165, 1.54) is 0 Å². The molecule has 0 unspecified atom stereocenters. The van der Waals surface area contributed by atoms with Crippen LogP contribution in [0.2, 0.25) is 0 Å². The van der Waals surface area contributed by atoms with Gasteiger partial charge in [0.15, 0.2) is 11.5 Å². The number of ether oxygens (including phenoxy) is 2. The predicted molar refractivity (Wildman–Crippen MR) is 135 cm³/mol. The monoisotopic (exact) mass is 479 g/mol. The molecular formula is C26H33N5O4. The quantitative estimate of drug-likeness (QED) is 0.360. The summed E-state index contributed by atoms with van der Waals surface area (Å²) in [6.07, 6.45) is 0. The smallest absolute Gasteiger partial charge is 0.252 e. The maximum absolute atomic E-state index is 13.3. The number of methoxy groups -OCH3 is 2. The molecular weight excluding hydrogens is 446 g/mol. The Kier molecular flexibility index (Phi) is 6.98. The molecule has 4 rings (SSSR count). The van der Waals surface area contributed by atoms with Crippen molar-refractivity contribution in [3.63, 3.8) is 0 Å². The van der Waals surface area contributed by atoms with Crippen molar-refractivity contribution >= 4 is 11.0 Å². The van der Waals surface area contributed by atoms with Crippen molar-refractivity contribution in [3.8, 4) is 23.0 Å². The highest BCUT2D eigenvalue weighted by Crippen LogP contribution is 2.33. The van der Waals surface area contributed by atoms with Crippen LogP contribution in [0.1, 0.15) is 36.6 Å². The van der Waals surface area contributed by atoms with Crippen molar-refractivity contribution in [2.45, 2.75) is 40.8 Å². The molecule has 3 heterocycles. The zero-order valence-electron chi connectivity index (χ0n) is 21.5. The minimum absolute atomic E-state index is 0.0854. The van der Waals surface area contributed by atoms with Crippen LogP contribution in [0, 0.1) is 13.8 Å². The minimum atomic E-state index is -0.0854. The van der Waals surface area contributed by atoms with Crippen LogP contribution < -0.4 is 15.0 Å². The Labute approximate surface area is 204 Å². The first-order valence-corrected chi connectivity index (χ1v) is 11.8. The first-order valence-electron chi connectivity index (χ1n) is 11.8. The number of pyridine rings is 1. The summed E-state index contributed by atoms with van der Waals surface area (Å²) in [5.74, 6) is 2.34. The molecule has 4 aromatic rings. The molecule has 3 aromatic heterocycles. The molecule has 0 aliphatic carbocycles. The standard InChI is InChI=1S/C26H33N5O4/c1-8-30(9-2)14-19-13-23(32)31(26-24(19)16(3)28-29(26)5)15-20-17(4)35-25(27-20)18-10-11-21(33-6)22(12-18)34-7/h10-13H,8-9,14-15H2,1-7H3. The molecule has 0 fully saturated rings. The first-order chi connectivity index (χ1) is 16.8. The van der Waals surface area contributed by atoms with Gasteiger partial charge in [0.25, 0.3) is 5.56 Å². The van der Waals surface area contributed by atoms with E-state index in [0.29, 0.717) is 35.4 Å². The SMILES string of the molecule is CCN(CC)Cc1cc(=O)n(Cc2nc(-c3ccc(OC)c(OC)c3)oc2C)c2c1c(C)nn2C. The molecule has 0 saturated carbocycles. The molecule has 186 valence electrons. The van der Waals surface area contributed by atoms with E-state index in [9.17, 15) is 4.79 Å². The number of rotatable bonds is 9. The Morgan fingerprint density at radius 1 is 1.06 bits per heavy atom. The summed E-state index contributed by atoms with van der Waals surface area (Å²) in [4.78, 5) is 20.4. The fourth-order valence-corrected chi connectivity index (χ4v) is 4.52. The van der Waals surface area contributed by atoms with E-state index < -0.39 is 0 Å². The van der Waals surface area contributed by atoms with Crippen LogP contribution in [0.5, 0.6) is 11.5 Å². The molecule has 0 aliphatic rings. The first kappa shape index (κ1) is 24.5.